The molecule has 0 spiro atoms. The van der Waals surface area contributed by atoms with Gasteiger partial charge in [-0.05, 0) is 93.8 Å². The number of carbonyl (C=O) groups excluding carboxylic acids is 2. The molecule has 1 aliphatic carbocycles. The van der Waals surface area contributed by atoms with Gasteiger partial charge in [-0.1, -0.05) is 66.7 Å². The van der Waals surface area contributed by atoms with Gasteiger partial charge in [-0.25, -0.2) is 15.0 Å². The zero-order valence-electron chi connectivity index (χ0n) is 37.2. The fourth-order valence-corrected chi connectivity index (χ4v) is 7.77. The Hall–Kier alpha value is -9.13. The number of aromatic amines is 3. The summed E-state index contributed by atoms with van der Waals surface area (Å²) in [6.45, 7) is 0. The van der Waals surface area contributed by atoms with Gasteiger partial charge < -0.3 is 20.1 Å². The molecule has 0 radical (unpaired) electrons. The number of hydrogen-bond acceptors (Lipinski definition) is 9. The standard InChI is InChI=1S/C19H15N3O.C19H13N3O.C13H8BrN2.C6H5NO/c2*23-18(14-7-4-8-20-11-14)16-9-15-10-17(22-19(15)21-12-16)13-5-2-1-3-6-13;14-11-6-10-7-12(16-13(10)15-8-11)9-4-2-1-3-5-9;8-5-6-2-1-3-7-4-6/h1-12,18,23H,(H,21,22);1-12H,(H,21,22);2-8H,(H,15,16);1-5H/q;;+1;. The fraction of sp³-hybridized carbons (Fsp3) is 0.0175. The lowest BCUT2D eigenvalue weighted by molar-refractivity contribution is 0.103. The summed E-state index contributed by atoms with van der Waals surface area (Å²) < 4.78 is 0.993. The van der Waals surface area contributed by atoms with Gasteiger partial charge in [-0.15, -0.1) is 0 Å². The minimum atomic E-state index is -0.726. The van der Waals surface area contributed by atoms with E-state index >= 15 is 0 Å². The Balaban J connectivity index is 0.000000122. The van der Waals surface area contributed by atoms with E-state index in [1.807, 2.05) is 103 Å². The highest BCUT2D eigenvalue weighted by Gasteiger charge is 2.15. The van der Waals surface area contributed by atoms with Gasteiger partial charge in [0.25, 0.3) is 0 Å². The zero-order chi connectivity index (χ0) is 48.1. The first-order valence-corrected chi connectivity index (χ1v) is 22.7. The van der Waals surface area contributed by atoms with Gasteiger partial charge in [0.2, 0.25) is 0 Å². The van der Waals surface area contributed by atoms with Gasteiger partial charge >= 0.3 is 0 Å². The van der Waals surface area contributed by atoms with Crippen molar-refractivity contribution < 1.29 is 14.7 Å². The van der Waals surface area contributed by atoms with Crippen molar-refractivity contribution >= 4 is 66.7 Å². The predicted octanol–water partition coefficient (Wildman–Crippen LogP) is 12.1. The Morgan fingerprint density at radius 1 is 0.571 bits per heavy atom. The maximum atomic E-state index is 12.5. The molecule has 13 heteroatoms. The molecule has 1 atom stereocenters. The molecule has 2 aromatic carbocycles. The Kier molecular flexibility index (Phi) is 14.5. The smallest absolute Gasteiger partial charge is 0.196 e. The summed E-state index contributed by atoms with van der Waals surface area (Å²) in [5, 5.41) is 13.5. The molecular weight excluding hydrogens is 939 g/mol. The van der Waals surface area contributed by atoms with E-state index in [1.165, 1.54) is 6.20 Å². The van der Waals surface area contributed by atoms with E-state index in [0.29, 0.717) is 16.7 Å². The van der Waals surface area contributed by atoms with Gasteiger partial charge in [0.1, 0.15) is 40.8 Å². The molecule has 12 nitrogen and oxygen atoms in total. The van der Waals surface area contributed by atoms with Crippen LogP contribution in [0.1, 0.15) is 49.2 Å². The van der Waals surface area contributed by atoms with E-state index in [9.17, 15) is 14.7 Å². The van der Waals surface area contributed by atoms with Gasteiger partial charge in [0, 0.05) is 122 Å². The third kappa shape index (κ3) is 11.3. The number of aromatic nitrogens is 9. The number of benzene rings is 2. The summed E-state index contributed by atoms with van der Waals surface area (Å²) in [5.74, 6) is -0.0741. The number of rotatable bonds is 8. The third-order valence-corrected chi connectivity index (χ3v) is 11.4. The molecule has 12 rings (SSSR count). The monoisotopic (exact) mass is 978 g/mol. The van der Waals surface area contributed by atoms with Crippen molar-refractivity contribution in [2.75, 3.05) is 0 Å². The SMILES string of the molecule is Brc1cnc2[nH]c(C3=CC=[C+]C=C3)cc2c1.O=C(c1cccnc1)c1cnc2[nH]c(-c3ccccc3)cc2c1.O=Cc1cccnc1.OC(c1cccnc1)c1cnc2[nH]c(-c3ccccc3)cc2c1. The van der Waals surface area contributed by atoms with Crippen LogP contribution >= 0.6 is 15.9 Å². The average Bonchev–Trinajstić information content (AvgIpc) is 4.19. The van der Waals surface area contributed by atoms with Gasteiger partial charge in [-0.2, -0.15) is 0 Å². The van der Waals surface area contributed by atoms with Crippen LogP contribution < -0.4 is 0 Å². The van der Waals surface area contributed by atoms with Crippen LogP contribution in [0.3, 0.4) is 0 Å². The topological polar surface area (TPSA) is 179 Å². The van der Waals surface area contributed by atoms with Crippen LogP contribution in [0.15, 0.2) is 218 Å². The molecule has 9 aromatic heterocycles. The second-order valence-electron chi connectivity index (χ2n) is 15.7. The number of halogens is 1. The number of nitrogens with zero attached hydrogens (tertiary/aromatic N) is 6. The zero-order valence-corrected chi connectivity index (χ0v) is 38.8. The van der Waals surface area contributed by atoms with E-state index < -0.39 is 6.10 Å². The van der Waals surface area contributed by atoms with Crippen molar-refractivity contribution in [1.82, 2.24) is 44.9 Å². The molecule has 0 aliphatic heterocycles. The number of aliphatic hydroxyl groups excluding tert-OH is 1. The molecule has 0 amide bonds. The predicted molar refractivity (Wildman–Crippen MR) is 277 cm³/mol. The average molecular weight is 980 g/mol. The number of hydrogen-bond donors (Lipinski definition) is 4. The summed E-state index contributed by atoms with van der Waals surface area (Å²) in [4.78, 5) is 57.2. The minimum Gasteiger partial charge on any atom is -0.384 e. The van der Waals surface area contributed by atoms with Crippen molar-refractivity contribution in [1.29, 1.82) is 0 Å². The van der Waals surface area contributed by atoms with E-state index in [2.05, 4.69) is 97.2 Å². The van der Waals surface area contributed by atoms with Crippen LogP contribution in [-0.2, 0) is 0 Å². The molecule has 70 heavy (non-hydrogen) atoms. The van der Waals surface area contributed by atoms with Crippen LogP contribution in [-0.4, -0.2) is 62.0 Å². The number of carbonyl (C=O) groups is 2. The van der Waals surface area contributed by atoms with Gasteiger partial charge in [0.05, 0.1) is 17.8 Å². The summed E-state index contributed by atoms with van der Waals surface area (Å²) in [6.07, 6.45) is 25.7. The van der Waals surface area contributed by atoms with Crippen LogP contribution in [0, 0.1) is 6.08 Å². The number of pyridine rings is 6. The van der Waals surface area contributed by atoms with E-state index in [1.54, 1.807) is 73.8 Å². The molecule has 338 valence electrons. The molecule has 11 aromatic rings. The van der Waals surface area contributed by atoms with Crippen LogP contribution in [0.4, 0.5) is 0 Å². The summed E-state index contributed by atoms with van der Waals surface area (Å²) in [7, 11) is 0. The van der Waals surface area contributed by atoms with Crippen LogP contribution in [0.25, 0.3) is 61.2 Å². The molecule has 0 bridgehead atoms. The van der Waals surface area contributed by atoms with E-state index in [0.717, 1.165) is 88.8 Å². The molecule has 4 N–H and O–H groups in total. The normalized spacial score (nSPS) is 11.8. The molecule has 9 heterocycles. The summed E-state index contributed by atoms with van der Waals surface area (Å²) in [6, 6.07) is 42.8. The van der Waals surface area contributed by atoms with Crippen molar-refractivity contribution in [3.05, 3.63) is 258 Å². The Bertz CT molecular complexity index is 3610. The lowest BCUT2D eigenvalue weighted by Crippen LogP contribution is -2.02. The Morgan fingerprint density at radius 2 is 1.16 bits per heavy atom. The van der Waals surface area contributed by atoms with E-state index in [-0.39, 0.29) is 5.78 Å². The minimum absolute atomic E-state index is 0.0741. The number of nitrogens with one attached hydrogen (secondary N) is 3. The van der Waals surface area contributed by atoms with Crippen molar-refractivity contribution in [2.45, 2.75) is 6.10 Å². The Morgan fingerprint density at radius 3 is 1.74 bits per heavy atom. The Labute approximate surface area is 410 Å². The number of aldehydes is 1. The summed E-state index contributed by atoms with van der Waals surface area (Å²) >= 11 is 3.42. The summed E-state index contributed by atoms with van der Waals surface area (Å²) in [5.41, 5.74) is 12.2. The highest BCUT2D eigenvalue weighted by molar-refractivity contribution is 9.10. The van der Waals surface area contributed by atoms with Gasteiger partial charge in [-0.3, -0.25) is 24.5 Å². The maximum absolute atomic E-state index is 12.5. The molecular formula is C57H41BrN9O3+. The quantitative estimate of drug-likeness (QED) is 0.0655. The maximum Gasteiger partial charge on any atom is 0.196 e. The van der Waals surface area contributed by atoms with E-state index in [4.69, 9.17) is 0 Å². The molecule has 0 fully saturated rings. The highest BCUT2D eigenvalue weighted by Crippen LogP contribution is 2.28. The molecule has 0 saturated carbocycles. The van der Waals surface area contributed by atoms with Crippen molar-refractivity contribution in [3.63, 3.8) is 0 Å². The first-order chi connectivity index (χ1) is 34.4. The van der Waals surface area contributed by atoms with Crippen molar-refractivity contribution in [3.8, 4) is 22.5 Å². The van der Waals surface area contributed by atoms with Crippen molar-refractivity contribution in [2.24, 2.45) is 0 Å². The second kappa shape index (κ2) is 22.1. The van der Waals surface area contributed by atoms with Gasteiger partial charge in [0.15, 0.2) is 12.1 Å². The molecule has 1 aliphatic rings. The van der Waals surface area contributed by atoms with Crippen LogP contribution in [0.5, 0.6) is 0 Å². The largest absolute Gasteiger partial charge is 0.384 e. The second-order valence-corrected chi connectivity index (χ2v) is 16.6. The lowest BCUT2D eigenvalue weighted by Gasteiger charge is -2.10. The highest BCUT2D eigenvalue weighted by atomic mass is 79.9. The molecule has 1 unspecified atom stereocenters. The first kappa shape index (κ1) is 46.0. The lowest BCUT2D eigenvalue weighted by atomic mass is 10.0. The number of aliphatic hydroxyl groups is 1. The number of H-pyrrole nitrogens is 3. The molecule has 0 saturated heterocycles. The number of allylic oxidation sites excluding steroid dienone is 6. The third-order valence-electron chi connectivity index (χ3n) is 10.9. The van der Waals surface area contributed by atoms with Crippen LogP contribution in [0.2, 0.25) is 0 Å². The first-order valence-electron chi connectivity index (χ1n) is 22.0. The fourth-order valence-electron chi connectivity index (χ4n) is 7.42. The number of ketones is 1. The number of fused-ring (bicyclic) bond motifs is 3.